The SMILES string of the molecule is NC(=O)c1ccccc1Oc1cc(Cl)ncn1. The minimum atomic E-state index is -0.569. The zero-order valence-corrected chi connectivity index (χ0v) is 9.39. The van der Waals surface area contributed by atoms with Gasteiger partial charge >= 0.3 is 0 Å². The van der Waals surface area contributed by atoms with E-state index in [0.717, 1.165) is 0 Å². The number of nitrogens with two attached hydrogens (primary N) is 1. The monoisotopic (exact) mass is 249 g/mol. The van der Waals surface area contributed by atoms with E-state index in [0.29, 0.717) is 5.75 Å². The topological polar surface area (TPSA) is 78.1 Å². The summed E-state index contributed by atoms with van der Waals surface area (Å²) in [6.45, 7) is 0. The number of rotatable bonds is 3. The molecular weight excluding hydrogens is 242 g/mol. The number of hydrogen-bond acceptors (Lipinski definition) is 4. The molecule has 0 aliphatic rings. The lowest BCUT2D eigenvalue weighted by Gasteiger charge is -2.07. The van der Waals surface area contributed by atoms with Crippen molar-refractivity contribution in [2.75, 3.05) is 0 Å². The summed E-state index contributed by atoms with van der Waals surface area (Å²) in [6.07, 6.45) is 1.27. The maximum absolute atomic E-state index is 11.2. The summed E-state index contributed by atoms with van der Waals surface area (Å²) in [5.41, 5.74) is 5.50. The second-order valence-electron chi connectivity index (χ2n) is 3.14. The molecular formula is C11H8ClN3O2. The molecule has 0 radical (unpaired) electrons. The molecule has 86 valence electrons. The third-order valence-corrected chi connectivity index (χ3v) is 2.18. The first kappa shape index (κ1) is 11.3. The molecule has 2 N–H and O–H groups in total. The van der Waals surface area contributed by atoms with Gasteiger partial charge in [-0.3, -0.25) is 4.79 Å². The van der Waals surface area contributed by atoms with Crippen molar-refractivity contribution in [1.29, 1.82) is 0 Å². The summed E-state index contributed by atoms with van der Waals surface area (Å²) in [4.78, 5) is 18.7. The Hall–Kier alpha value is -2.14. The summed E-state index contributed by atoms with van der Waals surface area (Å²) in [5, 5.41) is 0.256. The van der Waals surface area contributed by atoms with Crippen LogP contribution in [0.15, 0.2) is 36.7 Å². The molecule has 2 rings (SSSR count). The molecule has 0 bridgehead atoms. The largest absolute Gasteiger partial charge is 0.438 e. The van der Waals surface area contributed by atoms with Gasteiger partial charge in [-0.1, -0.05) is 23.7 Å². The van der Waals surface area contributed by atoms with Gasteiger partial charge in [-0.15, -0.1) is 0 Å². The van der Waals surface area contributed by atoms with Crippen LogP contribution in [0.5, 0.6) is 11.6 Å². The fourth-order valence-electron chi connectivity index (χ4n) is 1.25. The first-order valence-electron chi connectivity index (χ1n) is 4.71. The van der Waals surface area contributed by atoms with Gasteiger partial charge in [-0.2, -0.15) is 0 Å². The van der Waals surface area contributed by atoms with Crippen LogP contribution in [0.4, 0.5) is 0 Å². The van der Waals surface area contributed by atoms with E-state index in [1.54, 1.807) is 24.3 Å². The van der Waals surface area contributed by atoms with Crippen molar-refractivity contribution in [1.82, 2.24) is 9.97 Å². The second kappa shape index (κ2) is 4.80. The molecule has 1 heterocycles. The van der Waals surface area contributed by atoms with Crippen LogP contribution in [0.1, 0.15) is 10.4 Å². The van der Waals surface area contributed by atoms with Crippen LogP contribution in [-0.4, -0.2) is 15.9 Å². The van der Waals surface area contributed by atoms with Gasteiger partial charge in [0, 0.05) is 6.07 Å². The number of nitrogens with zero attached hydrogens (tertiary/aromatic N) is 2. The van der Waals surface area contributed by atoms with Crippen molar-refractivity contribution < 1.29 is 9.53 Å². The van der Waals surface area contributed by atoms with E-state index in [-0.39, 0.29) is 16.6 Å². The van der Waals surface area contributed by atoms with Crippen molar-refractivity contribution in [2.45, 2.75) is 0 Å². The lowest BCUT2D eigenvalue weighted by atomic mass is 10.2. The van der Waals surface area contributed by atoms with Crippen LogP contribution in [-0.2, 0) is 0 Å². The average molecular weight is 250 g/mol. The number of ether oxygens (including phenoxy) is 1. The summed E-state index contributed by atoms with van der Waals surface area (Å²) < 4.78 is 5.42. The van der Waals surface area contributed by atoms with E-state index in [1.807, 2.05) is 0 Å². The molecule has 2 aromatic rings. The Labute approximate surface area is 102 Å². The fourth-order valence-corrected chi connectivity index (χ4v) is 1.38. The van der Waals surface area contributed by atoms with Gasteiger partial charge in [0.2, 0.25) is 5.88 Å². The van der Waals surface area contributed by atoms with Crippen molar-refractivity contribution in [2.24, 2.45) is 5.73 Å². The van der Waals surface area contributed by atoms with E-state index < -0.39 is 5.91 Å². The molecule has 0 saturated carbocycles. The number of carbonyl (C=O) groups excluding carboxylic acids is 1. The van der Waals surface area contributed by atoms with Crippen molar-refractivity contribution in [3.63, 3.8) is 0 Å². The van der Waals surface area contributed by atoms with Crippen LogP contribution in [0.25, 0.3) is 0 Å². The standard InChI is InChI=1S/C11H8ClN3O2/c12-9-5-10(15-6-14-9)17-8-4-2-1-3-7(8)11(13)16/h1-6H,(H2,13,16). The predicted octanol–water partition coefficient (Wildman–Crippen LogP) is 2.02. The van der Waals surface area contributed by atoms with Gasteiger partial charge in [0.25, 0.3) is 5.91 Å². The Morgan fingerprint density at radius 1 is 1.29 bits per heavy atom. The highest BCUT2D eigenvalue weighted by Gasteiger charge is 2.09. The normalized spacial score (nSPS) is 9.94. The minimum absolute atomic E-state index is 0.249. The Kier molecular flexibility index (Phi) is 3.20. The van der Waals surface area contributed by atoms with E-state index in [4.69, 9.17) is 22.1 Å². The molecule has 0 aliphatic heterocycles. The maximum atomic E-state index is 11.2. The van der Waals surface area contributed by atoms with Crippen LogP contribution in [0.2, 0.25) is 5.15 Å². The van der Waals surface area contributed by atoms with E-state index in [2.05, 4.69) is 9.97 Å². The minimum Gasteiger partial charge on any atom is -0.438 e. The first-order chi connectivity index (χ1) is 8.16. The third-order valence-electron chi connectivity index (χ3n) is 1.98. The number of carbonyl (C=O) groups is 1. The van der Waals surface area contributed by atoms with E-state index in [1.165, 1.54) is 12.4 Å². The van der Waals surface area contributed by atoms with Crippen molar-refractivity contribution >= 4 is 17.5 Å². The van der Waals surface area contributed by atoms with E-state index >= 15 is 0 Å². The van der Waals surface area contributed by atoms with Gasteiger partial charge in [0.1, 0.15) is 17.2 Å². The molecule has 1 aromatic heterocycles. The number of para-hydroxylation sites is 1. The lowest BCUT2D eigenvalue weighted by Crippen LogP contribution is -2.12. The number of hydrogen-bond donors (Lipinski definition) is 1. The molecule has 0 saturated heterocycles. The summed E-state index contributed by atoms with van der Waals surface area (Å²) in [7, 11) is 0. The zero-order valence-electron chi connectivity index (χ0n) is 8.63. The summed E-state index contributed by atoms with van der Waals surface area (Å²) in [5.74, 6) is 0.00854. The van der Waals surface area contributed by atoms with Gasteiger partial charge in [-0.25, -0.2) is 9.97 Å². The number of primary amides is 1. The molecule has 0 aliphatic carbocycles. The Morgan fingerprint density at radius 2 is 2.06 bits per heavy atom. The fraction of sp³-hybridized carbons (Fsp3) is 0. The highest BCUT2D eigenvalue weighted by molar-refractivity contribution is 6.29. The summed E-state index contributed by atoms with van der Waals surface area (Å²) in [6, 6.07) is 8.06. The van der Waals surface area contributed by atoms with E-state index in [9.17, 15) is 4.79 Å². The molecule has 5 nitrogen and oxygen atoms in total. The van der Waals surface area contributed by atoms with Crippen LogP contribution in [0.3, 0.4) is 0 Å². The average Bonchev–Trinajstić information content (AvgIpc) is 2.29. The smallest absolute Gasteiger partial charge is 0.252 e. The molecule has 0 spiro atoms. The number of amides is 1. The number of benzene rings is 1. The Morgan fingerprint density at radius 3 is 2.76 bits per heavy atom. The predicted molar refractivity (Wildman–Crippen MR) is 62.1 cm³/mol. The van der Waals surface area contributed by atoms with Gasteiger partial charge in [-0.05, 0) is 12.1 Å². The quantitative estimate of drug-likeness (QED) is 0.844. The van der Waals surface area contributed by atoms with Gasteiger partial charge in [0.15, 0.2) is 0 Å². The van der Waals surface area contributed by atoms with Crippen LogP contribution < -0.4 is 10.5 Å². The zero-order chi connectivity index (χ0) is 12.3. The second-order valence-corrected chi connectivity index (χ2v) is 3.53. The Balaban J connectivity index is 2.33. The molecule has 0 unspecified atom stereocenters. The highest BCUT2D eigenvalue weighted by atomic mass is 35.5. The molecule has 0 fully saturated rings. The molecule has 1 aromatic carbocycles. The van der Waals surface area contributed by atoms with Crippen LogP contribution in [0, 0.1) is 0 Å². The number of halogens is 1. The first-order valence-corrected chi connectivity index (χ1v) is 5.09. The van der Waals surface area contributed by atoms with Gasteiger partial charge in [0.05, 0.1) is 5.56 Å². The highest BCUT2D eigenvalue weighted by Crippen LogP contribution is 2.24. The van der Waals surface area contributed by atoms with Crippen LogP contribution >= 0.6 is 11.6 Å². The van der Waals surface area contributed by atoms with Crippen molar-refractivity contribution in [3.05, 3.63) is 47.4 Å². The number of aromatic nitrogens is 2. The van der Waals surface area contributed by atoms with Gasteiger partial charge < -0.3 is 10.5 Å². The van der Waals surface area contributed by atoms with Crippen molar-refractivity contribution in [3.8, 4) is 11.6 Å². The molecule has 6 heteroatoms. The molecule has 1 amide bonds. The maximum Gasteiger partial charge on any atom is 0.252 e. The Bertz CT molecular complexity index is 560. The summed E-state index contributed by atoms with van der Waals surface area (Å²) >= 11 is 5.69. The molecule has 17 heavy (non-hydrogen) atoms. The molecule has 0 atom stereocenters. The lowest BCUT2D eigenvalue weighted by molar-refractivity contribution is 0.0998. The third kappa shape index (κ3) is 2.70.